The summed E-state index contributed by atoms with van der Waals surface area (Å²) in [4.78, 5) is 0. The first-order chi connectivity index (χ1) is 7.92. The Kier molecular flexibility index (Phi) is 3.55. The predicted octanol–water partition coefficient (Wildman–Crippen LogP) is 2.82. The molecule has 0 N–H and O–H groups in total. The zero-order valence-corrected chi connectivity index (χ0v) is 9.48. The lowest BCUT2D eigenvalue weighted by Crippen LogP contribution is -1.90. The van der Waals surface area contributed by atoms with Crippen LogP contribution in [0, 0.1) is 12.0 Å². The quantitative estimate of drug-likeness (QED) is 0.580. The fourth-order valence-electron chi connectivity index (χ4n) is 1.55. The van der Waals surface area contributed by atoms with Crippen molar-refractivity contribution in [3.8, 4) is 12.0 Å². The first-order valence-corrected chi connectivity index (χ1v) is 5.71. The zero-order valence-electron chi connectivity index (χ0n) is 9.48. The number of hydrogen-bond donors (Lipinski definition) is 0. The molecular formula is C13H15N3. The van der Waals surface area contributed by atoms with Crippen molar-refractivity contribution in [3.05, 3.63) is 24.3 Å². The molecule has 0 atom stereocenters. The van der Waals surface area contributed by atoms with Crippen molar-refractivity contribution in [3.63, 3.8) is 0 Å². The molecule has 0 bridgehead atoms. The van der Waals surface area contributed by atoms with E-state index in [9.17, 15) is 0 Å². The van der Waals surface area contributed by atoms with Crippen molar-refractivity contribution in [1.82, 2.24) is 15.0 Å². The van der Waals surface area contributed by atoms with Crippen molar-refractivity contribution in [1.29, 1.82) is 0 Å². The largest absolute Gasteiger partial charge is 0.169 e. The normalized spacial score (nSPS) is 10.1. The van der Waals surface area contributed by atoms with Crippen LogP contribution in [0.5, 0.6) is 0 Å². The second kappa shape index (κ2) is 5.32. The lowest BCUT2D eigenvalue weighted by molar-refractivity contribution is 0.736. The van der Waals surface area contributed by atoms with Crippen LogP contribution in [0.3, 0.4) is 0 Å². The highest BCUT2D eigenvalue weighted by atomic mass is 15.4. The molecule has 3 heteroatoms. The Labute approximate surface area is 95.5 Å². The Morgan fingerprint density at radius 3 is 3.00 bits per heavy atom. The van der Waals surface area contributed by atoms with Crippen LogP contribution >= 0.6 is 0 Å². The van der Waals surface area contributed by atoms with E-state index in [1.807, 2.05) is 24.3 Å². The van der Waals surface area contributed by atoms with E-state index in [2.05, 4.69) is 29.2 Å². The van der Waals surface area contributed by atoms with E-state index in [1.54, 1.807) is 4.68 Å². The molecule has 82 valence electrons. The third kappa shape index (κ3) is 2.40. The van der Waals surface area contributed by atoms with Crippen molar-refractivity contribution >= 4 is 11.0 Å². The molecule has 2 rings (SSSR count). The van der Waals surface area contributed by atoms with Gasteiger partial charge in [-0.2, -0.15) is 4.68 Å². The summed E-state index contributed by atoms with van der Waals surface area (Å²) in [6, 6.07) is 10.9. The molecule has 0 saturated heterocycles. The average molecular weight is 213 g/mol. The van der Waals surface area contributed by atoms with Crippen LogP contribution in [0.25, 0.3) is 11.0 Å². The summed E-state index contributed by atoms with van der Waals surface area (Å²) >= 11 is 0. The van der Waals surface area contributed by atoms with Gasteiger partial charge in [0, 0.05) is 12.5 Å². The predicted molar refractivity (Wildman–Crippen MR) is 64.8 cm³/mol. The number of para-hydroxylation sites is 1. The van der Waals surface area contributed by atoms with Crippen molar-refractivity contribution in [2.24, 2.45) is 0 Å². The molecule has 0 aliphatic carbocycles. The van der Waals surface area contributed by atoms with Crippen LogP contribution in [-0.4, -0.2) is 15.0 Å². The van der Waals surface area contributed by atoms with E-state index in [4.69, 9.17) is 0 Å². The number of benzene rings is 1. The second-order valence-corrected chi connectivity index (χ2v) is 3.74. The first-order valence-electron chi connectivity index (χ1n) is 5.71. The van der Waals surface area contributed by atoms with Gasteiger partial charge in [-0.3, -0.25) is 0 Å². The molecule has 0 amide bonds. The Hall–Kier alpha value is -1.82. The molecule has 0 unspecified atom stereocenters. The summed E-state index contributed by atoms with van der Waals surface area (Å²) in [6.45, 7) is 2.19. The van der Waals surface area contributed by atoms with Crippen molar-refractivity contribution in [2.45, 2.75) is 32.6 Å². The Balaban J connectivity index is 2.09. The van der Waals surface area contributed by atoms with Gasteiger partial charge in [-0.1, -0.05) is 43.0 Å². The average Bonchev–Trinajstić information content (AvgIpc) is 2.73. The maximum Gasteiger partial charge on any atom is 0.114 e. The van der Waals surface area contributed by atoms with Gasteiger partial charge in [-0.15, -0.1) is 5.10 Å². The third-order valence-corrected chi connectivity index (χ3v) is 2.44. The maximum absolute atomic E-state index is 4.04. The molecule has 1 aromatic carbocycles. The van der Waals surface area contributed by atoms with Crippen LogP contribution in [-0.2, 0) is 0 Å². The van der Waals surface area contributed by atoms with Crippen LogP contribution in [0.2, 0.25) is 0 Å². The van der Waals surface area contributed by atoms with Gasteiger partial charge in [0.25, 0.3) is 0 Å². The number of rotatable bonds is 3. The smallest absolute Gasteiger partial charge is 0.114 e. The summed E-state index contributed by atoms with van der Waals surface area (Å²) in [5.74, 6) is 3.13. The van der Waals surface area contributed by atoms with E-state index < -0.39 is 0 Å². The van der Waals surface area contributed by atoms with E-state index in [0.717, 1.165) is 23.9 Å². The summed E-state index contributed by atoms with van der Waals surface area (Å²) in [6.07, 6.45) is 4.57. The number of nitrogens with zero attached hydrogens (tertiary/aromatic N) is 3. The topological polar surface area (TPSA) is 30.7 Å². The minimum Gasteiger partial charge on any atom is -0.169 e. The minimum absolute atomic E-state index is 0.894. The highest BCUT2D eigenvalue weighted by Gasteiger charge is 1.98. The Morgan fingerprint density at radius 2 is 2.12 bits per heavy atom. The van der Waals surface area contributed by atoms with Crippen LogP contribution in [0.15, 0.2) is 24.3 Å². The number of aromatic nitrogens is 3. The van der Waals surface area contributed by atoms with Gasteiger partial charge in [-0.25, -0.2) is 0 Å². The SMILES string of the molecule is CCCCCC#Cn1nnc2ccccc21. The van der Waals surface area contributed by atoms with Crippen LogP contribution in [0.4, 0.5) is 0 Å². The van der Waals surface area contributed by atoms with Gasteiger partial charge in [0.1, 0.15) is 11.0 Å². The van der Waals surface area contributed by atoms with Gasteiger partial charge in [0.15, 0.2) is 0 Å². The Morgan fingerprint density at radius 1 is 1.25 bits per heavy atom. The zero-order chi connectivity index (χ0) is 11.2. The molecule has 1 aromatic heterocycles. The van der Waals surface area contributed by atoms with Gasteiger partial charge in [0.2, 0.25) is 0 Å². The van der Waals surface area contributed by atoms with Crippen molar-refractivity contribution in [2.75, 3.05) is 0 Å². The van der Waals surface area contributed by atoms with Crippen LogP contribution < -0.4 is 0 Å². The molecule has 0 aliphatic heterocycles. The molecule has 0 radical (unpaired) electrons. The summed E-state index contributed by atoms with van der Waals surface area (Å²) < 4.78 is 1.65. The fourth-order valence-corrected chi connectivity index (χ4v) is 1.55. The van der Waals surface area contributed by atoms with Gasteiger partial charge < -0.3 is 0 Å². The lowest BCUT2D eigenvalue weighted by atomic mass is 10.2. The van der Waals surface area contributed by atoms with Crippen molar-refractivity contribution < 1.29 is 0 Å². The number of fused-ring (bicyclic) bond motifs is 1. The van der Waals surface area contributed by atoms with E-state index >= 15 is 0 Å². The first kappa shape index (κ1) is 10.7. The van der Waals surface area contributed by atoms with Crippen LogP contribution in [0.1, 0.15) is 32.6 Å². The molecular weight excluding hydrogens is 198 g/mol. The monoisotopic (exact) mass is 213 g/mol. The van der Waals surface area contributed by atoms with E-state index in [-0.39, 0.29) is 0 Å². The molecule has 0 fully saturated rings. The standard InChI is InChI=1S/C13H15N3/c1-2-3-4-5-8-11-16-13-10-7-6-9-12(13)14-15-16/h6-7,9-10H,2-5H2,1H3. The molecule has 0 spiro atoms. The Bertz CT molecular complexity index is 516. The highest BCUT2D eigenvalue weighted by Crippen LogP contribution is 2.08. The molecule has 0 aliphatic rings. The fraction of sp³-hybridized carbons (Fsp3) is 0.385. The summed E-state index contributed by atoms with van der Waals surface area (Å²) in [7, 11) is 0. The molecule has 2 aromatic rings. The highest BCUT2D eigenvalue weighted by molar-refractivity contribution is 5.74. The maximum atomic E-state index is 4.04. The molecule has 0 saturated carbocycles. The van der Waals surface area contributed by atoms with Gasteiger partial charge in [0.05, 0.1) is 0 Å². The van der Waals surface area contributed by atoms with E-state index in [0.29, 0.717) is 0 Å². The van der Waals surface area contributed by atoms with E-state index in [1.165, 1.54) is 12.8 Å². The van der Waals surface area contributed by atoms with Gasteiger partial charge >= 0.3 is 0 Å². The molecule has 1 heterocycles. The summed E-state index contributed by atoms with van der Waals surface area (Å²) in [5.41, 5.74) is 1.87. The third-order valence-electron chi connectivity index (χ3n) is 2.44. The second-order valence-electron chi connectivity index (χ2n) is 3.74. The molecule has 16 heavy (non-hydrogen) atoms. The van der Waals surface area contributed by atoms with Gasteiger partial charge in [-0.05, 0) is 18.6 Å². The summed E-state index contributed by atoms with van der Waals surface area (Å²) in [5, 5.41) is 8.05. The number of hydrogen-bond acceptors (Lipinski definition) is 2. The molecule has 3 nitrogen and oxygen atoms in total. The number of unbranched alkanes of at least 4 members (excludes halogenated alkanes) is 3. The lowest BCUT2D eigenvalue weighted by Gasteiger charge is -1.90. The minimum atomic E-state index is 0.894.